The zero-order valence-electron chi connectivity index (χ0n) is 18.1. The van der Waals surface area contributed by atoms with E-state index in [9.17, 15) is 14.0 Å². The molecule has 2 fully saturated rings. The SMILES string of the molecule is CCOC(=O)Cn1cncc1/C=C1\CN(C(C(=O)C2CC2)c2ccccc2F)CCC1S. The van der Waals surface area contributed by atoms with E-state index in [4.69, 9.17) is 17.4 Å². The zero-order valence-corrected chi connectivity index (χ0v) is 19.0. The average Bonchev–Trinajstić information content (AvgIpc) is 3.54. The lowest BCUT2D eigenvalue weighted by molar-refractivity contribution is -0.143. The molecule has 1 aliphatic heterocycles. The fourth-order valence-electron chi connectivity index (χ4n) is 4.19. The molecule has 2 aromatic rings. The summed E-state index contributed by atoms with van der Waals surface area (Å²) in [7, 11) is 0. The van der Waals surface area contributed by atoms with Crippen molar-refractivity contribution in [3.05, 3.63) is 59.4 Å². The van der Waals surface area contributed by atoms with Crippen molar-refractivity contribution in [3.8, 4) is 0 Å². The summed E-state index contributed by atoms with van der Waals surface area (Å²) in [6.07, 6.45) is 7.75. The summed E-state index contributed by atoms with van der Waals surface area (Å²) in [6, 6.07) is 5.95. The maximum atomic E-state index is 14.7. The Balaban J connectivity index is 1.60. The number of ether oxygens (including phenoxy) is 1. The van der Waals surface area contributed by atoms with Gasteiger partial charge in [0, 0.05) is 29.8 Å². The number of benzene rings is 1. The van der Waals surface area contributed by atoms with E-state index in [-0.39, 0.29) is 35.3 Å². The fraction of sp³-hybridized carbons (Fsp3) is 0.458. The molecule has 6 nitrogen and oxygen atoms in total. The molecule has 0 bridgehead atoms. The summed E-state index contributed by atoms with van der Waals surface area (Å²) in [5.74, 6) is -0.559. The number of thiol groups is 1. The molecule has 1 aromatic heterocycles. The second kappa shape index (κ2) is 10.0. The van der Waals surface area contributed by atoms with E-state index in [1.165, 1.54) is 6.07 Å². The zero-order chi connectivity index (χ0) is 22.7. The number of likely N-dealkylation sites (tertiary alicyclic amines) is 1. The molecule has 2 atom stereocenters. The van der Waals surface area contributed by atoms with Crippen molar-refractivity contribution in [2.75, 3.05) is 19.7 Å². The number of carbonyl (C=O) groups is 2. The second-order valence-electron chi connectivity index (χ2n) is 8.35. The van der Waals surface area contributed by atoms with Crippen molar-refractivity contribution in [1.82, 2.24) is 14.5 Å². The lowest BCUT2D eigenvalue weighted by Crippen LogP contribution is -2.42. The third-order valence-corrected chi connectivity index (χ3v) is 6.59. The summed E-state index contributed by atoms with van der Waals surface area (Å²) in [6.45, 7) is 3.32. The molecule has 2 heterocycles. The van der Waals surface area contributed by atoms with Gasteiger partial charge in [0.25, 0.3) is 0 Å². The molecule has 2 aliphatic rings. The van der Waals surface area contributed by atoms with Crippen LogP contribution in [-0.4, -0.2) is 51.1 Å². The number of aromatic nitrogens is 2. The minimum atomic E-state index is -0.600. The Morgan fingerprint density at radius 2 is 2.09 bits per heavy atom. The van der Waals surface area contributed by atoms with E-state index in [0.29, 0.717) is 25.3 Å². The summed E-state index contributed by atoms with van der Waals surface area (Å²) in [4.78, 5) is 31.3. The first-order valence-electron chi connectivity index (χ1n) is 11.0. The maximum absolute atomic E-state index is 14.7. The molecule has 0 radical (unpaired) electrons. The monoisotopic (exact) mass is 457 g/mol. The second-order valence-corrected chi connectivity index (χ2v) is 8.97. The number of nitrogens with zero attached hydrogens (tertiary/aromatic N) is 3. The molecule has 0 amide bonds. The number of carbonyl (C=O) groups excluding carboxylic acids is 2. The largest absolute Gasteiger partial charge is 0.465 e. The molecule has 1 saturated carbocycles. The number of Topliss-reactive ketones (excluding diaryl/α,β-unsaturated/α-hetero) is 1. The van der Waals surface area contributed by atoms with Crippen LogP contribution >= 0.6 is 12.6 Å². The average molecular weight is 458 g/mol. The predicted octanol–water partition coefficient (Wildman–Crippen LogP) is 3.69. The van der Waals surface area contributed by atoms with Crippen LogP contribution in [0.5, 0.6) is 0 Å². The van der Waals surface area contributed by atoms with Crippen LogP contribution in [0.4, 0.5) is 4.39 Å². The lowest BCUT2D eigenvalue weighted by Gasteiger charge is -2.37. The van der Waals surface area contributed by atoms with E-state index < -0.39 is 6.04 Å². The van der Waals surface area contributed by atoms with Crippen molar-refractivity contribution in [3.63, 3.8) is 0 Å². The number of hydrogen-bond donors (Lipinski definition) is 1. The van der Waals surface area contributed by atoms with Gasteiger partial charge in [0.15, 0.2) is 5.78 Å². The molecular weight excluding hydrogens is 429 g/mol. The smallest absolute Gasteiger partial charge is 0.325 e. The van der Waals surface area contributed by atoms with E-state index >= 15 is 0 Å². The fourth-order valence-corrected chi connectivity index (χ4v) is 4.46. The van der Waals surface area contributed by atoms with Gasteiger partial charge in [0.05, 0.1) is 30.9 Å². The van der Waals surface area contributed by atoms with Gasteiger partial charge in [0.2, 0.25) is 0 Å². The predicted molar refractivity (Wildman–Crippen MR) is 123 cm³/mol. The van der Waals surface area contributed by atoms with E-state index in [2.05, 4.69) is 9.88 Å². The van der Waals surface area contributed by atoms with Gasteiger partial charge < -0.3 is 9.30 Å². The summed E-state index contributed by atoms with van der Waals surface area (Å²) < 4.78 is 21.5. The number of imidazole rings is 1. The van der Waals surface area contributed by atoms with Crippen LogP contribution < -0.4 is 0 Å². The highest BCUT2D eigenvalue weighted by Crippen LogP contribution is 2.39. The molecule has 2 unspecified atom stereocenters. The quantitative estimate of drug-likeness (QED) is 0.484. The topological polar surface area (TPSA) is 64.4 Å². The molecule has 170 valence electrons. The van der Waals surface area contributed by atoms with Crippen LogP contribution in [0.2, 0.25) is 0 Å². The van der Waals surface area contributed by atoms with Crippen LogP contribution in [0, 0.1) is 11.7 Å². The van der Waals surface area contributed by atoms with Crippen molar-refractivity contribution in [2.45, 2.75) is 44.0 Å². The molecule has 8 heteroatoms. The molecular formula is C24H28FN3O3S. The highest BCUT2D eigenvalue weighted by molar-refractivity contribution is 7.81. The minimum absolute atomic E-state index is 0.00879. The van der Waals surface area contributed by atoms with Crippen molar-refractivity contribution in [2.24, 2.45) is 5.92 Å². The number of ketones is 1. The van der Waals surface area contributed by atoms with Gasteiger partial charge in [-0.25, -0.2) is 9.37 Å². The van der Waals surface area contributed by atoms with Gasteiger partial charge in [-0.15, -0.1) is 0 Å². The highest BCUT2D eigenvalue weighted by Gasteiger charge is 2.40. The third kappa shape index (κ3) is 5.13. The van der Waals surface area contributed by atoms with E-state index in [0.717, 1.165) is 30.5 Å². The Kier molecular flexibility index (Phi) is 7.10. The first kappa shape index (κ1) is 22.7. The molecule has 4 rings (SSSR count). The molecule has 1 saturated heterocycles. The summed E-state index contributed by atoms with van der Waals surface area (Å²) in [5, 5.41) is 0.00879. The Bertz CT molecular complexity index is 1020. The highest BCUT2D eigenvalue weighted by atomic mass is 32.1. The Morgan fingerprint density at radius 1 is 1.31 bits per heavy atom. The summed E-state index contributed by atoms with van der Waals surface area (Å²) >= 11 is 4.75. The van der Waals surface area contributed by atoms with Crippen LogP contribution in [0.1, 0.15) is 43.5 Å². The number of hydrogen-bond acceptors (Lipinski definition) is 6. The van der Waals surface area contributed by atoms with Gasteiger partial charge in [-0.2, -0.15) is 12.6 Å². The Morgan fingerprint density at radius 3 is 2.81 bits per heavy atom. The van der Waals surface area contributed by atoms with Crippen molar-refractivity contribution < 1.29 is 18.7 Å². The van der Waals surface area contributed by atoms with Crippen LogP contribution in [0.15, 0.2) is 42.4 Å². The van der Waals surface area contributed by atoms with E-state index in [1.807, 2.05) is 6.08 Å². The minimum Gasteiger partial charge on any atom is -0.465 e. The lowest BCUT2D eigenvalue weighted by atomic mass is 9.93. The molecule has 1 aliphatic carbocycles. The van der Waals surface area contributed by atoms with Gasteiger partial charge in [-0.05, 0) is 43.9 Å². The van der Waals surface area contributed by atoms with Gasteiger partial charge >= 0.3 is 5.97 Å². The Hall–Kier alpha value is -2.45. The van der Waals surface area contributed by atoms with E-state index in [1.54, 1.807) is 42.2 Å². The van der Waals surface area contributed by atoms with Crippen LogP contribution in [-0.2, 0) is 20.9 Å². The van der Waals surface area contributed by atoms with Crippen molar-refractivity contribution >= 4 is 30.5 Å². The normalized spacial score (nSPS) is 21.5. The summed E-state index contributed by atoms with van der Waals surface area (Å²) in [5.41, 5.74) is 2.22. The molecule has 32 heavy (non-hydrogen) atoms. The van der Waals surface area contributed by atoms with Crippen LogP contribution in [0.25, 0.3) is 6.08 Å². The first-order valence-corrected chi connectivity index (χ1v) is 11.6. The first-order chi connectivity index (χ1) is 15.5. The van der Waals surface area contributed by atoms with Crippen LogP contribution in [0.3, 0.4) is 0 Å². The molecule has 0 N–H and O–H groups in total. The van der Waals surface area contributed by atoms with Gasteiger partial charge in [0.1, 0.15) is 12.4 Å². The number of rotatable bonds is 8. The van der Waals surface area contributed by atoms with Gasteiger partial charge in [-0.3, -0.25) is 14.5 Å². The molecule has 1 aromatic carbocycles. The standard InChI is InChI=1S/C24H28FN3O3S/c1-2-31-22(29)14-28-15-26-12-18(28)11-17-13-27(10-9-21(17)32)23(24(30)16-7-8-16)19-5-3-4-6-20(19)25/h3-6,11-12,15-16,21,23,32H,2,7-10,13-14H2,1H3/b17-11+. The maximum Gasteiger partial charge on any atom is 0.325 e. The Labute approximate surface area is 192 Å². The van der Waals surface area contributed by atoms with Gasteiger partial charge in [-0.1, -0.05) is 18.2 Å². The number of halogens is 1. The number of esters is 1. The third-order valence-electron chi connectivity index (χ3n) is 6.00. The van der Waals surface area contributed by atoms with Crippen molar-refractivity contribution in [1.29, 1.82) is 0 Å². The number of piperidine rings is 1. The molecule has 0 spiro atoms.